The zero-order valence-electron chi connectivity index (χ0n) is 14.6. The number of anilines is 1. The molecular formula is C20H20N4O2. The molecule has 0 saturated carbocycles. The van der Waals surface area contributed by atoms with Crippen LogP contribution in [0.4, 0.5) is 5.69 Å². The van der Waals surface area contributed by atoms with Gasteiger partial charge in [-0.25, -0.2) is 4.98 Å². The molecule has 6 nitrogen and oxygen atoms in total. The molecule has 2 heterocycles. The first-order chi connectivity index (χ1) is 12.6. The van der Waals surface area contributed by atoms with Crippen LogP contribution >= 0.6 is 0 Å². The SMILES string of the molecule is CN(CC(=O)N1CCc2ccccc21)Cc1nc2ccccc2c(=O)[nH]1. The number of aromatic amines is 1. The predicted octanol–water partition coefficient (Wildman–Crippen LogP) is 1.94. The van der Waals surface area contributed by atoms with Gasteiger partial charge in [-0.1, -0.05) is 30.3 Å². The highest BCUT2D eigenvalue weighted by Gasteiger charge is 2.24. The maximum absolute atomic E-state index is 12.7. The van der Waals surface area contributed by atoms with Crippen molar-refractivity contribution in [3.63, 3.8) is 0 Å². The van der Waals surface area contributed by atoms with Gasteiger partial charge in [-0.3, -0.25) is 14.5 Å². The molecule has 2 aromatic carbocycles. The second kappa shape index (κ2) is 6.72. The van der Waals surface area contributed by atoms with Crippen LogP contribution in [-0.4, -0.2) is 40.9 Å². The molecule has 1 amide bonds. The minimum absolute atomic E-state index is 0.0561. The van der Waals surface area contributed by atoms with Gasteiger partial charge in [-0.2, -0.15) is 0 Å². The maximum Gasteiger partial charge on any atom is 0.258 e. The topological polar surface area (TPSA) is 69.3 Å². The first-order valence-electron chi connectivity index (χ1n) is 8.66. The van der Waals surface area contributed by atoms with Gasteiger partial charge >= 0.3 is 0 Å². The highest BCUT2D eigenvalue weighted by atomic mass is 16.2. The Bertz CT molecular complexity index is 1030. The first-order valence-corrected chi connectivity index (χ1v) is 8.66. The zero-order chi connectivity index (χ0) is 18.1. The van der Waals surface area contributed by atoms with Gasteiger partial charge < -0.3 is 9.88 Å². The van der Waals surface area contributed by atoms with Crippen LogP contribution in [-0.2, 0) is 17.8 Å². The number of amides is 1. The van der Waals surface area contributed by atoms with E-state index in [0.29, 0.717) is 23.3 Å². The minimum atomic E-state index is -0.154. The van der Waals surface area contributed by atoms with Crippen LogP contribution in [0.3, 0.4) is 0 Å². The summed E-state index contributed by atoms with van der Waals surface area (Å²) in [4.78, 5) is 35.8. The third-order valence-corrected chi connectivity index (χ3v) is 4.67. The van der Waals surface area contributed by atoms with Crippen molar-refractivity contribution < 1.29 is 4.79 Å². The van der Waals surface area contributed by atoms with Crippen molar-refractivity contribution in [2.24, 2.45) is 0 Å². The lowest BCUT2D eigenvalue weighted by molar-refractivity contribution is -0.119. The fraction of sp³-hybridized carbons (Fsp3) is 0.250. The Morgan fingerprint density at radius 1 is 1.19 bits per heavy atom. The van der Waals surface area contributed by atoms with E-state index in [0.717, 1.165) is 18.7 Å². The molecule has 4 rings (SSSR count). The van der Waals surface area contributed by atoms with E-state index in [-0.39, 0.29) is 18.0 Å². The fourth-order valence-electron chi connectivity index (χ4n) is 3.43. The second-order valence-corrected chi connectivity index (χ2v) is 6.63. The van der Waals surface area contributed by atoms with Crippen molar-refractivity contribution in [1.29, 1.82) is 0 Å². The third-order valence-electron chi connectivity index (χ3n) is 4.67. The number of carbonyl (C=O) groups is 1. The zero-order valence-corrected chi connectivity index (χ0v) is 14.6. The number of fused-ring (bicyclic) bond motifs is 2. The number of rotatable bonds is 4. The van der Waals surface area contributed by atoms with Crippen molar-refractivity contribution >= 4 is 22.5 Å². The van der Waals surface area contributed by atoms with Gasteiger partial charge in [-0.05, 0) is 37.2 Å². The summed E-state index contributed by atoms with van der Waals surface area (Å²) >= 11 is 0. The first kappa shape index (κ1) is 16.5. The van der Waals surface area contributed by atoms with E-state index in [1.165, 1.54) is 5.56 Å². The van der Waals surface area contributed by atoms with Crippen molar-refractivity contribution in [3.05, 3.63) is 70.3 Å². The fourth-order valence-corrected chi connectivity index (χ4v) is 3.43. The Labute approximate surface area is 151 Å². The van der Waals surface area contributed by atoms with Gasteiger partial charge in [-0.15, -0.1) is 0 Å². The number of aromatic nitrogens is 2. The minimum Gasteiger partial charge on any atom is -0.311 e. The Balaban J connectivity index is 1.47. The van der Waals surface area contributed by atoms with E-state index in [9.17, 15) is 9.59 Å². The highest BCUT2D eigenvalue weighted by Crippen LogP contribution is 2.27. The number of nitrogens with zero attached hydrogens (tertiary/aromatic N) is 3. The van der Waals surface area contributed by atoms with Crippen molar-refractivity contribution in [2.45, 2.75) is 13.0 Å². The van der Waals surface area contributed by atoms with Crippen molar-refractivity contribution in [1.82, 2.24) is 14.9 Å². The Kier molecular flexibility index (Phi) is 4.26. The van der Waals surface area contributed by atoms with Gasteiger partial charge in [0.15, 0.2) is 0 Å². The molecule has 0 bridgehead atoms. The molecule has 1 aliphatic rings. The molecule has 0 radical (unpaired) electrons. The molecule has 1 aliphatic heterocycles. The average molecular weight is 348 g/mol. The number of nitrogens with one attached hydrogen (secondary N) is 1. The maximum atomic E-state index is 12.7. The van der Waals surface area contributed by atoms with Gasteiger partial charge in [0.25, 0.3) is 5.56 Å². The van der Waals surface area contributed by atoms with Crippen LogP contribution in [0, 0.1) is 0 Å². The van der Waals surface area contributed by atoms with Gasteiger partial charge in [0.05, 0.1) is 24.0 Å². The van der Waals surface area contributed by atoms with Crippen LogP contribution in [0.5, 0.6) is 0 Å². The number of H-pyrrole nitrogens is 1. The van der Waals surface area contributed by atoms with E-state index in [2.05, 4.69) is 16.0 Å². The molecule has 0 atom stereocenters. The number of carbonyl (C=O) groups excluding carboxylic acids is 1. The molecule has 6 heteroatoms. The summed E-state index contributed by atoms with van der Waals surface area (Å²) in [7, 11) is 1.86. The van der Waals surface area contributed by atoms with Crippen molar-refractivity contribution in [3.8, 4) is 0 Å². The van der Waals surface area contributed by atoms with Crippen LogP contribution in [0.15, 0.2) is 53.3 Å². The monoisotopic (exact) mass is 348 g/mol. The summed E-state index contributed by atoms with van der Waals surface area (Å²) in [5, 5.41) is 0.573. The molecule has 0 unspecified atom stereocenters. The standard InChI is InChI=1S/C20H20N4O2/c1-23(12-18-21-16-8-4-3-7-15(16)20(26)22-18)13-19(25)24-11-10-14-6-2-5-9-17(14)24/h2-9H,10-13H2,1H3,(H,21,22,26). The van der Waals surface area contributed by atoms with E-state index >= 15 is 0 Å². The summed E-state index contributed by atoms with van der Waals surface area (Å²) in [5.41, 5.74) is 2.73. The summed E-state index contributed by atoms with van der Waals surface area (Å²) in [5.74, 6) is 0.617. The Morgan fingerprint density at radius 3 is 2.85 bits per heavy atom. The van der Waals surface area contributed by atoms with Gasteiger partial charge in [0.2, 0.25) is 5.91 Å². The largest absolute Gasteiger partial charge is 0.311 e. The molecular weight excluding hydrogens is 328 g/mol. The number of hydrogen-bond acceptors (Lipinski definition) is 4. The molecule has 0 fully saturated rings. The molecule has 1 N–H and O–H groups in total. The van der Waals surface area contributed by atoms with Gasteiger partial charge in [0.1, 0.15) is 5.82 Å². The smallest absolute Gasteiger partial charge is 0.258 e. The lowest BCUT2D eigenvalue weighted by atomic mass is 10.2. The second-order valence-electron chi connectivity index (χ2n) is 6.63. The number of likely N-dealkylation sites (N-methyl/N-ethyl adjacent to an activating group) is 1. The van der Waals surface area contributed by atoms with E-state index in [1.807, 2.05) is 53.2 Å². The summed E-state index contributed by atoms with van der Waals surface area (Å²) in [6, 6.07) is 15.3. The molecule has 1 aromatic heterocycles. The summed E-state index contributed by atoms with van der Waals surface area (Å²) in [6.07, 6.45) is 0.894. The Morgan fingerprint density at radius 2 is 1.96 bits per heavy atom. The molecule has 26 heavy (non-hydrogen) atoms. The lowest BCUT2D eigenvalue weighted by Crippen LogP contribution is -2.38. The van der Waals surface area contributed by atoms with E-state index in [1.54, 1.807) is 6.07 Å². The number of benzene rings is 2. The van der Waals surface area contributed by atoms with Crippen LogP contribution in [0.1, 0.15) is 11.4 Å². The highest BCUT2D eigenvalue weighted by molar-refractivity contribution is 5.96. The van der Waals surface area contributed by atoms with Gasteiger partial charge in [0, 0.05) is 12.2 Å². The predicted molar refractivity (Wildman–Crippen MR) is 101 cm³/mol. The molecule has 0 spiro atoms. The molecule has 3 aromatic rings. The number of hydrogen-bond donors (Lipinski definition) is 1. The normalized spacial score (nSPS) is 13.4. The van der Waals surface area contributed by atoms with Crippen LogP contribution < -0.4 is 10.5 Å². The molecule has 0 aliphatic carbocycles. The quantitative estimate of drug-likeness (QED) is 0.782. The lowest BCUT2D eigenvalue weighted by Gasteiger charge is -2.21. The van der Waals surface area contributed by atoms with E-state index < -0.39 is 0 Å². The van der Waals surface area contributed by atoms with Crippen LogP contribution in [0.25, 0.3) is 10.9 Å². The molecule has 0 saturated heterocycles. The summed E-state index contributed by atoms with van der Waals surface area (Å²) in [6.45, 7) is 1.39. The summed E-state index contributed by atoms with van der Waals surface area (Å²) < 4.78 is 0. The molecule has 132 valence electrons. The average Bonchev–Trinajstić information content (AvgIpc) is 3.06. The number of para-hydroxylation sites is 2. The van der Waals surface area contributed by atoms with Crippen molar-refractivity contribution in [2.75, 3.05) is 25.0 Å². The Hall–Kier alpha value is -2.99. The van der Waals surface area contributed by atoms with E-state index in [4.69, 9.17) is 0 Å². The van der Waals surface area contributed by atoms with Crippen LogP contribution in [0.2, 0.25) is 0 Å². The third kappa shape index (κ3) is 3.11.